The van der Waals surface area contributed by atoms with Gasteiger partial charge in [0.1, 0.15) is 11.9 Å². The van der Waals surface area contributed by atoms with Gasteiger partial charge in [-0.05, 0) is 62.9 Å². The highest BCUT2D eigenvalue weighted by Gasteiger charge is 2.22. The third-order valence-electron chi connectivity index (χ3n) is 4.31. The average molecular weight is 274 g/mol. The molecule has 4 heteroatoms. The number of ether oxygens (including phenoxy) is 1. The average Bonchev–Trinajstić information content (AvgIpc) is 2.47. The second kappa shape index (κ2) is 5.83. The molecule has 0 spiro atoms. The molecule has 3 rings (SSSR count). The summed E-state index contributed by atoms with van der Waals surface area (Å²) in [4.78, 5) is 11.3. The zero-order valence-corrected chi connectivity index (χ0v) is 11.9. The van der Waals surface area contributed by atoms with Gasteiger partial charge in [0.2, 0.25) is 5.91 Å². The van der Waals surface area contributed by atoms with Crippen molar-refractivity contribution in [3.05, 3.63) is 23.8 Å². The zero-order chi connectivity index (χ0) is 13.9. The molecule has 1 amide bonds. The first-order valence-electron chi connectivity index (χ1n) is 7.51. The van der Waals surface area contributed by atoms with Crippen molar-refractivity contribution in [2.75, 3.05) is 12.4 Å². The molecular weight excluding hydrogens is 252 g/mol. The molecule has 20 heavy (non-hydrogen) atoms. The van der Waals surface area contributed by atoms with Gasteiger partial charge >= 0.3 is 0 Å². The Labute approximate surface area is 119 Å². The second-order valence-corrected chi connectivity index (χ2v) is 5.76. The molecule has 0 aromatic heterocycles. The minimum absolute atomic E-state index is 0.107. The summed E-state index contributed by atoms with van der Waals surface area (Å²) in [6.07, 6.45) is 6.35. The van der Waals surface area contributed by atoms with Crippen molar-refractivity contribution in [1.29, 1.82) is 0 Å². The number of rotatable bonds is 3. The van der Waals surface area contributed by atoms with Crippen LogP contribution in [0.1, 0.15) is 37.7 Å². The van der Waals surface area contributed by atoms with Gasteiger partial charge in [0.25, 0.3) is 0 Å². The first-order valence-corrected chi connectivity index (χ1v) is 7.51. The minimum atomic E-state index is 0.107. The van der Waals surface area contributed by atoms with Crippen LogP contribution in [0.25, 0.3) is 0 Å². The molecule has 2 aliphatic rings. The first-order chi connectivity index (χ1) is 9.74. The molecule has 2 unspecified atom stereocenters. The molecule has 1 aromatic carbocycles. The SMILES string of the molecule is CNC1CCCC(Oc2ccc3c(c2)CCC(=O)N3)C1. The van der Waals surface area contributed by atoms with Crippen molar-refractivity contribution in [2.45, 2.75) is 50.7 Å². The van der Waals surface area contributed by atoms with Crippen LogP contribution in [-0.2, 0) is 11.2 Å². The Morgan fingerprint density at radius 2 is 2.20 bits per heavy atom. The highest BCUT2D eigenvalue weighted by atomic mass is 16.5. The van der Waals surface area contributed by atoms with Crippen LogP contribution in [0.5, 0.6) is 5.75 Å². The number of nitrogens with one attached hydrogen (secondary N) is 2. The Bertz CT molecular complexity index is 501. The molecule has 1 aromatic rings. The van der Waals surface area contributed by atoms with Crippen LogP contribution >= 0.6 is 0 Å². The highest BCUT2D eigenvalue weighted by Crippen LogP contribution is 2.29. The van der Waals surface area contributed by atoms with Crippen LogP contribution in [0.3, 0.4) is 0 Å². The predicted molar refractivity (Wildman–Crippen MR) is 79.1 cm³/mol. The number of carbonyl (C=O) groups is 1. The van der Waals surface area contributed by atoms with Gasteiger partial charge in [0.05, 0.1) is 0 Å². The van der Waals surface area contributed by atoms with Crippen LogP contribution in [0, 0.1) is 0 Å². The lowest BCUT2D eigenvalue weighted by molar-refractivity contribution is -0.116. The standard InChI is InChI=1S/C16H22N2O2/c1-17-12-3-2-4-13(10-12)20-14-6-7-15-11(9-14)5-8-16(19)18-15/h6-7,9,12-13,17H,2-5,8,10H2,1H3,(H,18,19). The molecule has 0 radical (unpaired) electrons. The van der Waals surface area contributed by atoms with Crippen molar-refractivity contribution < 1.29 is 9.53 Å². The normalized spacial score (nSPS) is 25.8. The second-order valence-electron chi connectivity index (χ2n) is 5.76. The molecular formula is C16H22N2O2. The van der Waals surface area contributed by atoms with E-state index in [1.165, 1.54) is 18.4 Å². The lowest BCUT2D eigenvalue weighted by Crippen LogP contribution is -2.36. The largest absolute Gasteiger partial charge is 0.490 e. The zero-order valence-electron chi connectivity index (χ0n) is 11.9. The molecule has 4 nitrogen and oxygen atoms in total. The smallest absolute Gasteiger partial charge is 0.224 e. The molecule has 1 heterocycles. The Balaban J connectivity index is 1.67. The number of hydrogen-bond donors (Lipinski definition) is 2. The number of benzene rings is 1. The quantitative estimate of drug-likeness (QED) is 0.890. The van der Waals surface area contributed by atoms with Crippen LogP contribution in [0.4, 0.5) is 5.69 Å². The van der Waals surface area contributed by atoms with Gasteiger partial charge < -0.3 is 15.4 Å². The number of hydrogen-bond acceptors (Lipinski definition) is 3. The van der Waals surface area contributed by atoms with E-state index in [1.807, 2.05) is 19.2 Å². The fraction of sp³-hybridized carbons (Fsp3) is 0.562. The summed E-state index contributed by atoms with van der Waals surface area (Å²) in [7, 11) is 2.02. The summed E-state index contributed by atoms with van der Waals surface area (Å²) in [5.74, 6) is 1.04. The maximum atomic E-state index is 11.3. The van der Waals surface area contributed by atoms with Gasteiger partial charge in [-0.15, -0.1) is 0 Å². The van der Waals surface area contributed by atoms with Gasteiger partial charge in [-0.1, -0.05) is 0 Å². The number of carbonyl (C=O) groups excluding carboxylic acids is 1. The predicted octanol–water partition coefficient (Wildman–Crippen LogP) is 2.48. The number of fused-ring (bicyclic) bond motifs is 1. The van der Waals surface area contributed by atoms with E-state index in [9.17, 15) is 4.79 Å². The van der Waals surface area contributed by atoms with Crippen molar-refractivity contribution in [3.8, 4) is 5.75 Å². The number of anilines is 1. The molecule has 0 saturated heterocycles. The maximum Gasteiger partial charge on any atom is 0.224 e. The van der Waals surface area contributed by atoms with E-state index in [0.29, 0.717) is 18.6 Å². The van der Waals surface area contributed by atoms with Gasteiger partial charge in [-0.3, -0.25) is 4.79 Å². The fourth-order valence-electron chi connectivity index (χ4n) is 3.14. The van der Waals surface area contributed by atoms with Crippen molar-refractivity contribution in [2.24, 2.45) is 0 Å². The van der Waals surface area contributed by atoms with Crippen LogP contribution in [0.2, 0.25) is 0 Å². The van der Waals surface area contributed by atoms with E-state index in [0.717, 1.165) is 30.7 Å². The van der Waals surface area contributed by atoms with Gasteiger partial charge in [-0.2, -0.15) is 0 Å². The first kappa shape index (κ1) is 13.4. The Morgan fingerprint density at radius 1 is 1.30 bits per heavy atom. The summed E-state index contributed by atoms with van der Waals surface area (Å²) in [6.45, 7) is 0. The third-order valence-corrected chi connectivity index (χ3v) is 4.31. The van der Waals surface area contributed by atoms with E-state index in [-0.39, 0.29) is 5.91 Å². The van der Waals surface area contributed by atoms with Crippen molar-refractivity contribution in [1.82, 2.24) is 5.32 Å². The molecule has 1 aliphatic carbocycles. The molecule has 1 fully saturated rings. The lowest BCUT2D eigenvalue weighted by atomic mass is 9.93. The molecule has 108 valence electrons. The third kappa shape index (κ3) is 2.96. The maximum absolute atomic E-state index is 11.3. The topological polar surface area (TPSA) is 50.4 Å². The Hall–Kier alpha value is -1.55. The molecule has 1 aliphatic heterocycles. The molecule has 2 N–H and O–H groups in total. The molecule has 0 bridgehead atoms. The van der Waals surface area contributed by atoms with Gasteiger partial charge in [0.15, 0.2) is 0 Å². The Morgan fingerprint density at radius 3 is 3.05 bits per heavy atom. The summed E-state index contributed by atoms with van der Waals surface area (Å²) in [5, 5.41) is 6.25. The summed E-state index contributed by atoms with van der Waals surface area (Å²) >= 11 is 0. The monoisotopic (exact) mass is 274 g/mol. The van der Waals surface area contributed by atoms with Crippen LogP contribution in [-0.4, -0.2) is 25.1 Å². The van der Waals surface area contributed by atoms with E-state index >= 15 is 0 Å². The minimum Gasteiger partial charge on any atom is -0.490 e. The van der Waals surface area contributed by atoms with Crippen molar-refractivity contribution in [3.63, 3.8) is 0 Å². The van der Waals surface area contributed by atoms with E-state index < -0.39 is 0 Å². The van der Waals surface area contributed by atoms with E-state index in [4.69, 9.17) is 4.74 Å². The van der Waals surface area contributed by atoms with E-state index in [1.54, 1.807) is 0 Å². The fourth-order valence-corrected chi connectivity index (χ4v) is 3.14. The van der Waals surface area contributed by atoms with Crippen LogP contribution in [0.15, 0.2) is 18.2 Å². The summed E-state index contributed by atoms with van der Waals surface area (Å²) < 4.78 is 6.13. The van der Waals surface area contributed by atoms with Crippen molar-refractivity contribution >= 4 is 11.6 Å². The Kier molecular flexibility index (Phi) is 3.92. The van der Waals surface area contributed by atoms with E-state index in [2.05, 4.69) is 16.7 Å². The molecule has 2 atom stereocenters. The summed E-state index contributed by atoms with van der Waals surface area (Å²) in [6, 6.07) is 6.58. The van der Waals surface area contributed by atoms with Gasteiger partial charge in [-0.25, -0.2) is 0 Å². The highest BCUT2D eigenvalue weighted by molar-refractivity contribution is 5.93. The number of amides is 1. The summed E-state index contributed by atoms with van der Waals surface area (Å²) in [5.41, 5.74) is 2.12. The van der Waals surface area contributed by atoms with Crippen LogP contribution < -0.4 is 15.4 Å². The lowest BCUT2D eigenvalue weighted by Gasteiger charge is -2.29. The number of aryl methyl sites for hydroxylation is 1. The molecule has 1 saturated carbocycles. The van der Waals surface area contributed by atoms with Gasteiger partial charge in [0, 0.05) is 18.2 Å².